The monoisotopic (exact) mass is 572 g/mol. The third-order valence-electron chi connectivity index (χ3n) is 9.55. The van der Waals surface area contributed by atoms with Crippen LogP contribution < -0.4 is 4.90 Å². The Labute approximate surface area is 248 Å². The van der Waals surface area contributed by atoms with Gasteiger partial charge in [-0.2, -0.15) is 0 Å². The summed E-state index contributed by atoms with van der Waals surface area (Å²) in [7, 11) is 0. The van der Waals surface area contributed by atoms with Crippen molar-refractivity contribution in [2.45, 2.75) is 50.2 Å². The normalized spacial score (nSPS) is 21.3. The number of aromatic amines is 1. The van der Waals surface area contributed by atoms with Gasteiger partial charge in [-0.3, -0.25) is 4.79 Å². The average Bonchev–Trinajstić information content (AvgIpc) is 3.44. The Morgan fingerprint density at radius 3 is 2.57 bits per heavy atom. The summed E-state index contributed by atoms with van der Waals surface area (Å²) in [5.74, 6) is 0.418. The quantitative estimate of drug-likeness (QED) is 0.372. The first-order valence-corrected chi connectivity index (χ1v) is 15.5. The lowest BCUT2D eigenvalue weighted by atomic mass is 9.84. The topological polar surface area (TPSA) is 92.3 Å². The van der Waals surface area contributed by atoms with Gasteiger partial charge in [-0.05, 0) is 87.0 Å². The van der Waals surface area contributed by atoms with E-state index in [-0.39, 0.29) is 5.91 Å². The van der Waals surface area contributed by atoms with E-state index < -0.39 is 11.7 Å². The van der Waals surface area contributed by atoms with Crippen LogP contribution in [0.1, 0.15) is 48.3 Å². The first kappa shape index (κ1) is 28.9. The van der Waals surface area contributed by atoms with Crippen molar-refractivity contribution < 1.29 is 19.7 Å². The molecule has 3 aromatic rings. The summed E-state index contributed by atoms with van der Waals surface area (Å²) >= 11 is 0. The fraction of sp³-hybridized carbons (Fsp3) is 0.500. The Bertz CT molecular complexity index is 1400. The molecule has 3 N–H and O–H groups in total. The molecule has 0 saturated carbocycles. The highest BCUT2D eigenvalue weighted by Gasteiger charge is 2.40. The Kier molecular flexibility index (Phi) is 8.67. The predicted octanol–water partition coefficient (Wildman–Crippen LogP) is 3.92. The lowest BCUT2D eigenvalue weighted by Gasteiger charge is -2.43. The smallest absolute Gasteiger partial charge is 0.246 e. The number of likely N-dealkylation sites (tertiary alicyclic amines) is 2. The minimum Gasteiger partial charge on any atom is -0.389 e. The number of benzene rings is 2. The molecular weight excluding hydrogens is 528 g/mol. The van der Waals surface area contributed by atoms with Gasteiger partial charge < -0.3 is 34.6 Å². The number of morpholine rings is 1. The number of aliphatic hydroxyl groups is 2. The molecule has 1 unspecified atom stereocenters. The molecule has 6 rings (SSSR count). The summed E-state index contributed by atoms with van der Waals surface area (Å²) in [6.45, 7) is 8.57. The number of hydrogen-bond acceptors (Lipinski definition) is 6. The van der Waals surface area contributed by atoms with E-state index in [0.29, 0.717) is 38.4 Å². The zero-order chi connectivity index (χ0) is 29.1. The van der Waals surface area contributed by atoms with Gasteiger partial charge in [0.1, 0.15) is 0 Å². The van der Waals surface area contributed by atoms with E-state index in [2.05, 4.69) is 39.2 Å². The van der Waals surface area contributed by atoms with Gasteiger partial charge in [0.2, 0.25) is 5.91 Å². The van der Waals surface area contributed by atoms with E-state index in [1.165, 1.54) is 22.2 Å². The highest BCUT2D eigenvalue weighted by atomic mass is 16.5. The van der Waals surface area contributed by atoms with E-state index in [1.54, 1.807) is 11.0 Å². The highest BCUT2D eigenvalue weighted by Crippen LogP contribution is 2.36. The Balaban J connectivity index is 0.997. The van der Waals surface area contributed by atoms with Crippen LogP contribution in [0.15, 0.2) is 54.7 Å². The molecular formula is C34H44N4O4. The second-order valence-corrected chi connectivity index (χ2v) is 12.3. The van der Waals surface area contributed by atoms with Crippen LogP contribution in [0.5, 0.6) is 0 Å². The molecule has 1 amide bonds. The van der Waals surface area contributed by atoms with Crippen molar-refractivity contribution >= 4 is 28.6 Å². The molecule has 0 spiro atoms. The summed E-state index contributed by atoms with van der Waals surface area (Å²) in [6, 6.07) is 14.8. The number of hydrogen-bond donors (Lipinski definition) is 3. The summed E-state index contributed by atoms with van der Waals surface area (Å²) in [4.78, 5) is 22.7. The molecule has 0 aliphatic carbocycles. The van der Waals surface area contributed by atoms with Crippen molar-refractivity contribution in [3.8, 4) is 0 Å². The van der Waals surface area contributed by atoms with Gasteiger partial charge in [-0.1, -0.05) is 29.8 Å². The maximum Gasteiger partial charge on any atom is 0.246 e. The largest absolute Gasteiger partial charge is 0.389 e. The third-order valence-corrected chi connectivity index (χ3v) is 9.55. The second-order valence-electron chi connectivity index (χ2n) is 12.3. The van der Waals surface area contributed by atoms with Gasteiger partial charge in [0.15, 0.2) is 0 Å². The number of carbonyl (C=O) groups excluding carboxylic acids is 1. The molecule has 8 nitrogen and oxygen atoms in total. The van der Waals surface area contributed by atoms with Crippen molar-refractivity contribution in [1.29, 1.82) is 0 Å². The fourth-order valence-electron chi connectivity index (χ4n) is 6.82. The summed E-state index contributed by atoms with van der Waals surface area (Å²) < 4.78 is 5.53. The predicted molar refractivity (Wildman–Crippen MR) is 167 cm³/mol. The molecule has 4 heterocycles. The molecule has 3 aliphatic heterocycles. The summed E-state index contributed by atoms with van der Waals surface area (Å²) in [5, 5.41) is 23.7. The number of aromatic nitrogens is 1. The minimum absolute atomic E-state index is 0.0514. The van der Waals surface area contributed by atoms with E-state index in [0.717, 1.165) is 63.4 Å². The zero-order valence-electron chi connectivity index (χ0n) is 24.7. The van der Waals surface area contributed by atoms with Crippen LogP contribution in [0.4, 0.5) is 5.69 Å². The third kappa shape index (κ3) is 6.42. The first-order valence-electron chi connectivity index (χ1n) is 15.5. The summed E-state index contributed by atoms with van der Waals surface area (Å²) in [6.07, 6.45) is 7.61. The number of ether oxygens (including phenoxy) is 1. The number of piperidine rings is 2. The van der Waals surface area contributed by atoms with E-state index in [4.69, 9.17) is 4.74 Å². The van der Waals surface area contributed by atoms with Crippen LogP contribution in [-0.2, 0) is 9.53 Å². The van der Waals surface area contributed by atoms with Crippen molar-refractivity contribution in [3.05, 3.63) is 71.4 Å². The van der Waals surface area contributed by atoms with E-state index in [9.17, 15) is 15.0 Å². The molecule has 1 atom stereocenters. The molecule has 0 bridgehead atoms. The van der Waals surface area contributed by atoms with Gasteiger partial charge in [0.25, 0.3) is 0 Å². The zero-order valence-corrected chi connectivity index (χ0v) is 24.7. The number of H-pyrrole nitrogens is 1. The number of rotatable bonds is 7. The first-order chi connectivity index (χ1) is 20.4. The Morgan fingerprint density at radius 2 is 1.83 bits per heavy atom. The highest BCUT2D eigenvalue weighted by molar-refractivity contribution is 5.92. The fourth-order valence-corrected chi connectivity index (χ4v) is 6.82. The van der Waals surface area contributed by atoms with Gasteiger partial charge >= 0.3 is 0 Å². The second kappa shape index (κ2) is 12.6. The molecule has 8 heteroatoms. The van der Waals surface area contributed by atoms with E-state index >= 15 is 0 Å². The average molecular weight is 573 g/mol. The number of aliphatic hydroxyl groups excluding tert-OH is 1. The molecule has 42 heavy (non-hydrogen) atoms. The van der Waals surface area contributed by atoms with Crippen LogP contribution >= 0.6 is 0 Å². The van der Waals surface area contributed by atoms with Gasteiger partial charge in [-0.15, -0.1) is 0 Å². The number of anilines is 1. The number of amides is 1. The standard InChI is InChI=1S/C34H44N4O4/c1-25-3-2-4-26(21-25)5-8-33(40)38-15-11-34(41,12-16-38)32(39)24-36-13-9-27(10-14-36)30-23-35-31-7-6-28(22-29(30)31)37-17-19-42-20-18-37/h2-8,21-23,27,32,35,39,41H,9-20,24H2,1H3/b8-5+. The van der Waals surface area contributed by atoms with Gasteiger partial charge in [0, 0.05) is 61.6 Å². The minimum atomic E-state index is -1.17. The van der Waals surface area contributed by atoms with Crippen LogP contribution in [0, 0.1) is 6.92 Å². The van der Waals surface area contributed by atoms with Gasteiger partial charge in [-0.25, -0.2) is 0 Å². The molecule has 3 fully saturated rings. The Morgan fingerprint density at radius 1 is 1.07 bits per heavy atom. The van der Waals surface area contributed by atoms with Crippen LogP contribution in [0.3, 0.4) is 0 Å². The lowest BCUT2D eigenvalue weighted by Crippen LogP contribution is -2.56. The van der Waals surface area contributed by atoms with Crippen molar-refractivity contribution in [1.82, 2.24) is 14.8 Å². The van der Waals surface area contributed by atoms with Crippen LogP contribution in [0.2, 0.25) is 0 Å². The van der Waals surface area contributed by atoms with Gasteiger partial charge in [0.05, 0.1) is 24.9 Å². The lowest BCUT2D eigenvalue weighted by molar-refractivity contribution is -0.140. The summed E-state index contributed by atoms with van der Waals surface area (Å²) in [5.41, 5.74) is 4.81. The number of nitrogens with one attached hydrogen (secondary N) is 1. The molecule has 1 aromatic heterocycles. The Hall–Kier alpha value is -3.17. The van der Waals surface area contributed by atoms with Crippen LogP contribution in [0.25, 0.3) is 17.0 Å². The SMILES string of the molecule is Cc1cccc(/C=C/C(=O)N2CCC(O)(C(O)CN3CCC(c4c[nH]c5ccc(N6CCOCC6)cc45)CC3)CC2)c1. The maximum atomic E-state index is 12.7. The number of carbonyl (C=O) groups is 1. The molecule has 3 saturated heterocycles. The van der Waals surface area contributed by atoms with E-state index in [1.807, 2.05) is 37.3 Å². The van der Waals surface area contributed by atoms with Crippen molar-refractivity contribution in [2.75, 3.05) is 63.9 Å². The van der Waals surface area contributed by atoms with Crippen molar-refractivity contribution in [2.24, 2.45) is 0 Å². The molecule has 0 radical (unpaired) electrons. The number of β-amino-alcohol motifs (C(OH)–C–C–N with tert-alkyl or cyclic N) is 1. The molecule has 224 valence electrons. The maximum absolute atomic E-state index is 12.7. The number of aryl methyl sites for hydroxylation is 1. The van der Waals surface area contributed by atoms with Crippen LogP contribution in [-0.4, -0.2) is 102 Å². The molecule has 2 aromatic carbocycles. The molecule has 3 aliphatic rings. The van der Waals surface area contributed by atoms with Crippen molar-refractivity contribution in [3.63, 3.8) is 0 Å². The number of fused-ring (bicyclic) bond motifs is 1. The number of nitrogens with zero attached hydrogens (tertiary/aromatic N) is 3.